The Kier molecular flexibility index (Phi) is 5.80. The topological polar surface area (TPSA) is 71.4 Å². The smallest absolute Gasteiger partial charge is 0.239 e. The molecule has 0 radical (unpaired) electrons. The summed E-state index contributed by atoms with van der Waals surface area (Å²) in [5.74, 6) is -0.375. The maximum absolute atomic E-state index is 12.7. The zero-order chi connectivity index (χ0) is 22.0. The third-order valence-corrected chi connectivity index (χ3v) is 6.56. The summed E-state index contributed by atoms with van der Waals surface area (Å²) in [5, 5.41) is 5.04. The number of anilines is 1. The van der Waals surface area contributed by atoms with Crippen molar-refractivity contribution in [3.8, 4) is 0 Å². The van der Waals surface area contributed by atoms with Crippen LogP contribution in [0, 0.1) is 0 Å². The number of hydrogen-bond acceptors (Lipinski definition) is 3. The largest absolute Gasteiger partial charge is 0.341 e. The number of para-hydroxylation sites is 1. The molecule has 0 aliphatic carbocycles. The minimum atomic E-state index is -3.54. The average Bonchev–Trinajstić information content (AvgIpc) is 3.06. The number of hydrogen-bond donors (Lipinski definition) is 1. The van der Waals surface area contributed by atoms with Crippen molar-refractivity contribution in [1.82, 2.24) is 8.87 Å². The van der Waals surface area contributed by atoms with Crippen molar-refractivity contribution in [2.75, 3.05) is 18.1 Å². The van der Waals surface area contributed by atoms with Gasteiger partial charge in [-0.1, -0.05) is 48.5 Å². The molecule has 1 heterocycles. The zero-order valence-electron chi connectivity index (χ0n) is 17.6. The molecule has 0 spiro atoms. The van der Waals surface area contributed by atoms with Crippen LogP contribution in [-0.2, 0) is 27.9 Å². The summed E-state index contributed by atoms with van der Waals surface area (Å²) < 4.78 is 27.9. The van der Waals surface area contributed by atoms with Gasteiger partial charge in [0.1, 0.15) is 0 Å². The van der Waals surface area contributed by atoms with Crippen molar-refractivity contribution < 1.29 is 13.2 Å². The van der Waals surface area contributed by atoms with Crippen LogP contribution in [0.5, 0.6) is 0 Å². The minimum absolute atomic E-state index is 0.149. The Balaban J connectivity index is 1.58. The second-order valence-corrected chi connectivity index (χ2v) is 9.54. The third-order valence-electron chi connectivity index (χ3n) is 5.36. The van der Waals surface area contributed by atoms with E-state index in [2.05, 4.69) is 28.9 Å². The summed E-state index contributed by atoms with van der Waals surface area (Å²) in [7, 11) is -3.54. The van der Waals surface area contributed by atoms with Gasteiger partial charge in [0, 0.05) is 40.6 Å². The van der Waals surface area contributed by atoms with Gasteiger partial charge in [0.15, 0.2) is 0 Å². The second-order valence-electron chi connectivity index (χ2n) is 7.56. The number of fused-ring (bicyclic) bond motifs is 3. The summed E-state index contributed by atoms with van der Waals surface area (Å²) in [6, 6.07) is 23.2. The molecule has 0 fully saturated rings. The molecule has 3 aromatic carbocycles. The van der Waals surface area contributed by atoms with Gasteiger partial charge < -0.3 is 9.88 Å². The minimum Gasteiger partial charge on any atom is -0.341 e. The van der Waals surface area contributed by atoms with Crippen molar-refractivity contribution in [1.29, 1.82) is 0 Å². The molecule has 1 amide bonds. The van der Waals surface area contributed by atoms with Gasteiger partial charge in [-0.3, -0.25) is 4.79 Å². The SMILES string of the molecule is CCn1c2ccccc2c2cc(NC(=O)CN(Cc3ccccc3)S(C)(=O)=O)ccc21. The molecule has 160 valence electrons. The molecule has 0 aliphatic rings. The lowest BCUT2D eigenvalue weighted by atomic mass is 10.1. The first-order valence-electron chi connectivity index (χ1n) is 10.2. The quantitative estimate of drug-likeness (QED) is 0.473. The van der Waals surface area contributed by atoms with Crippen LogP contribution in [0.25, 0.3) is 21.8 Å². The van der Waals surface area contributed by atoms with Crippen molar-refractivity contribution >= 4 is 43.4 Å². The van der Waals surface area contributed by atoms with Crippen LogP contribution < -0.4 is 5.32 Å². The van der Waals surface area contributed by atoms with E-state index in [0.717, 1.165) is 40.2 Å². The molecular formula is C24H25N3O3S. The van der Waals surface area contributed by atoms with E-state index in [9.17, 15) is 13.2 Å². The molecule has 0 atom stereocenters. The Labute approximate surface area is 182 Å². The molecule has 0 saturated heterocycles. The van der Waals surface area contributed by atoms with E-state index in [-0.39, 0.29) is 19.0 Å². The number of sulfonamides is 1. The van der Waals surface area contributed by atoms with E-state index in [1.807, 2.05) is 60.7 Å². The summed E-state index contributed by atoms with van der Waals surface area (Å²) in [6.45, 7) is 2.85. The summed E-state index contributed by atoms with van der Waals surface area (Å²) in [6.07, 6.45) is 1.12. The molecule has 1 aromatic heterocycles. The fourth-order valence-electron chi connectivity index (χ4n) is 3.91. The Morgan fingerprint density at radius 3 is 2.32 bits per heavy atom. The lowest BCUT2D eigenvalue weighted by Crippen LogP contribution is -2.36. The van der Waals surface area contributed by atoms with E-state index in [1.54, 1.807) is 0 Å². The van der Waals surface area contributed by atoms with E-state index < -0.39 is 10.0 Å². The van der Waals surface area contributed by atoms with Crippen LogP contribution >= 0.6 is 0 Å². The number of aromatic nitrogens is 1. The van der Waals surface area contributed by atoms with Gasteiger partial charge in [-0.2, -0.15) is 4.31 Å². The van der Waals surface area contributed by atoms with Gasteiger partial charge in [-0.25, -0.2) is 8.42 Å². The Morgan fingerprint density at radius 2 is 1.61 bits per heavy atom. The van der Waals surface area contributed by atoms with Crippen LogP contribution in [-0.4, -0.2) is 36.0 Å². The first-order chi connectivity index (χ1) is 14.9. The maximum Gasteiger partial charge on any atom is 0.239 e. The maximum atomic E-state index is 12.7. The molecule has 7 heteroatoms. The predicted octanol–water partition coefficient (Wildman–Crippen LogP) is 4.21. The van der Waals surface area contributed by atoms with Gasteiger partial charge in [-0.05, 0) is 36.8 Å². The number of carbonyl (C=O) groups is 1. The van der Waals surface area contributed by atoms with Crippen molar-refractivity contribution in [2.24, 2.45) is 0 Å². The normalized spacial score (nSPS) is 12.0. The highest BCUT2D eigenvalue weighted by Gasteiger charge is 2.21. The highest BCUT2D eigenvalue weighted by molar-refractivity contribution is 7.88. The lowest BCUT2D eigenvalue weighted by Gasteiger charge is -2.19. The second kappa shape index (κ2) is 8.53. The Hall–Kier alpha value is -3.16. The first kappa shape index (κ1) is 21.1. The van der Waals surface area contributed by atoms with Crippen LogP contribution in [0.2, 0.25) is 0 Å². The lowest BCUT2D eigenvalue weighted by molar-refractivity contribution is -0.116. The predicted molar refractivity (Wildman–Crippen MR) is 125 cm³/mol. The molecule has 0 unspecified atom stereocenters. The number of amides is 1. The van der Waals surface area contributed by atoms with Gasteiger partial charge >= 0.3 is 0 Å². The molecule has 4 rings (SSSR count). The summed E-state index contributed by atoms with van der Waals surface area (Å²) in [4.78, 5) is 12.7. The van der Waals surface area contributed by atoms with Gasteiger partial charge in [0.2, 0.25) is 15.9 Å². The fourth-order valence-corrected chi connectivity index (χ4v) is 4.65. The fraction of sp³-hybridized carbons (Fsp3) is 0.208. The first-order valence-corrected chi connectivity index (χ1v) is 12.0. The molecule has 31 heavy (non-hydrogen) atoms. The van der Waals surface area contributed by atoms with Crippen molar-refractivity contribution in [3.63, 3.8) is 0 Å². The van der Waals surface area contributed by atoms with Crippen LogP contribution in [0.1, 0.15) is 12.5 Å². The van der Waals surface area contributed by atoms with E-state index in [4.69, 9.17) is 0 Å². The highest BCUT2D eigenvalue weighted by Crippen LogP contribution is 2.31. The molecule has 0 bridgehead atoms. The molecule has 6 nitrogen and oxygen atoms in total. The Morgan fingerprint density at radius 1 is 0.935 bits per heavy atom. The van der Waals surface area contributed by atoms with Crippen LogP contribution in [0.4, 0.5) is 5.69 Å². The van der Waals surface area contributed by atoms with E-state index in [1.165, 1.54) is 4.31 Å². The van der Waals surface area contributed by atoms with Crippen molar-refractivity contribution in [2.45, 2.75) is 20.0 Å². The van der Waals surface area contributed by atoms with E-state index >= 15 is 0 Å². The number of rotatable bonds is 7. The number of carbonyl (C=O) groups excluding carboxylic acids is 1. The molecule has 4 aromatic rings. The third kappa shape index (κ3) is 4.47. The van der Waals surface area contributed by atoms with Crippen LogP contribution in [0.15, 0.2) is 72.8 Å². The standard InChI is InChI=1S/C24H25N3O3S/c1-3-27-22-12-8-7-11-20(22)21-15-19(13-14-23(21)27)25-24(28)17-26(31(2,29)30)16-18-9-5-4-6-10-18/h4-15H,3,16-17H2,1-2H3,(H,25,28). The number of aryl methyl sites for hydroxylation is 1. The molecule has 1 N–H and O–H groups in total. The van der Waals surface area contributed by atoms with E-state index in [0.29, 0.717) is 5.69 Å². The van der Waals surface area contributed by atoms with Gasteiger partial charge in [0.25, 0.3) is 0 Å². The van der Waals surface area contributed by atoms with Crippen LogP contribution in [0.3, 0.4) is 0 Å². The molecule has 0 aliphatic heterocycles. The average molecular weight is 436 g/mol. The summed E-state index contributed by atoms with van der Waals surface area (Å²) in [5.41, 5.74) is 3.72. The van der Waals surface area contributed by atoms with Crippen molar-refractivity contribution in [3.05, 3.63) is 78.4 Å². The number of nitrogens with one attached hydrogen (secondary N) is 1. The number of benzene rings is 3. The molecule has 0 saturated carbocycles. The summed E-state index contributed by atoms with van der Waals surface area (Å²) >= 11 is 0. The molecular weight excluding hydrogens is 410 g/mol. The highest BCUT2D eigenvalue weighted by atomic mass is 32.2. The van der Waals surface area contributed by atoms with Gasteiger partial charge in [0.05, 0.1) is 12.8 Å². The number of nitrogens with zero attached hydrogens (tertiary/aromatic N) is 2. The Bertz CT molecular complexity index is 1340. The zero-order valence-corrected chi connectivity index (χ0v) is 18.4. The monoisotopic (exact) mass is 435 g/mol. The van der Waals surface area contributed by atoms with Gasteiger partial charge in [-0.15, -0.1) is 0 Å².